The molecule has 3 fully saturated rings. The Balaban J connectivity index is 1.53. The number of amides is 1. The van der Waals surface area contributed by atoms with Crippen LogP contribution in [-0.2, 0) is 0 Å². The first kappa shape index (κ1) is 16.8. The highest BCUT2D eigenvalue weighted by Crippen LogP contribution is 2.32. The van der Waals surface area contributed by atoms with Crippen LogP contribution in [0.4, 0.5) is 5.69 Å². The predicted octanol–water partition coefficient (Wildman–Crippen LogP) is 2.80. The highest BCUT2D eigenvalue weighted by molar-refractivity contribution is 5.94. The zero-order chi connectivity index (χ0) is 18.3. The number of nitro groups is 1. The topological polar surface area (TPSA) is 91.3 Å². The molecule has 1 aromatic heterocycles. The molecule has 7 heteroatoms. The number of carbonyl (C=O) groups is 1. The SMILES string of the molecule is C[C@@H]1[C@H](NC(=O)c2ccc(-c3ccccc3[N+](=O)[O-])[nH]2)C2CCN1CC2. The molecule has 7 nitrogen and oxygen atoms in total. The summed E-state index contributed by atoms with van der Waals surface area (Å²) in [5.41, 5.74) is 1.51. The van der Waals surface area contributed by atoms with Crippen LogP contribution in [0, 0.1) is 16.0 Å². The molecule has 0 aliphatic carbocycles. The van der Waals surface area contributed by atoms with Gasteiger partial charge >= 0.3 is 0 Å². The molecular formula is C19H22N4O3. The fourth-order valence-electron chi connectivity index (χ4n) is 4.32. The number of rotatable bonds is 4. The zero-order valence-electron chi connectivity index (χ0n) is 14.6. The van der Waals surface area contributed by atoms with Crippen molar-refractivity contribution in [3.63, 3.8) is 0 Å². The third kappa shape index (κ3) is 2.88. The summed E-state index contributed by atoms with van der Waals surface area (Å²) in [4.78, 5) is 29.0. The van der Waals surface area contributed by atoms with Crippen LogP contribution in [0.2, 0.25) is 0 Å². The number of nitro benzene ring substituents is 1. The van der Waals surface area contributed by atoms with Gasteiger partial charge in [-0.1, -0.05) is 12.1 Å². The third-order valence-corrected chi connectivity index (χ3v) is 5.80. The Bertz CT molecular complexity index is 837. The van der Waals surface area contributed by atoms with Gasteiger partial charge in [-0.15, -0.1) is 0 Å². The van der Waals surface area contributed by atoms with Crippen LogP contribution in [0.15, 0.2) is 36.4 Å². The van der Waals surface area contributed by atoms with E-state index < -0.39 is 4.92 Å². The highest BCUT2D eigenvalue weighted by Gasteiger charge is 2.40. The van der Waals surface area contributed by atoms with Crippen molar-refractivity contribution >= 4 is 11.6 Å². The Labute approximate surface area is 151 Å². The summed E-state index contributed by atoms with van der Waals surface area (Å²) in [7, 11) is 0. The molecule has 3 aliphatic heterocycles. The van der Waals surface area contributed by atoms with E-state index in [4.69, 9.17) is 0 Å². The van der Waals surface area contributed by atoms with Gasteiger partial charge in [-0.3, -0.25) is 19.8 Å². The molecule has 26 heavy (non-hydrogen) atoms. The first-order valence-corrected chi connectivity index (χ1v) is 9.02. The highest BCUT2D eigenvalue weighted by atomic mass is 16.6. The van der Waals surface area contributed by atoms with Crippen molar-refractivity contribution in [1.29, 1.82) is 0 Å². The minimum Gasteiger partial charge on any atom is -0.350 e. The second kappa shape index (κ2) is 6.57. The van der Waals surface area contributed by atoms with Crippen molar-refractivity contribution in [3.05, 3.63) is 52.2 Å². The smallest absolute Gasteiger partial charge is 0.278 e. The van der Waals surface area contributed by atoms with Gasteiger partial charge in [0, 0.05) is 18.2 Å². The van der Waals surface area contributed by atoms with Gasteiger partial charge in [0.25, 0.3) is 11.6 Å². The Kier molecular flexibility index (Phi) is 4.24. The average molecular weight is 354 g/mol. The van der Waals surface area contributed by atoms with Crippen molar-refractivity contribution in [1.82, 2.24) is 15.2 Å². The molecule has 2 aromatic rings. The maximum absolute atomic E-state index is 12.7. The number of carbonyl (C=O) groups excluding carboxylic acids is 1. The third-order valence-electron chi connectivity index (χ3n) is 5.80. The maximum Gasteiger partial charge on any atom is 0.278 e. The Hall–Kier alpha value is -2.67. The Morgan fingerprint density at radius 1 is 1.23 bits per heavy atom. The summed E-state index contributed by atoms with van der Waals surface area (Å²) >= 11 is 0. The molecule has 1 aromatic carbocycles. The number of hydrogen-bond donors (Lipinski definition) is 2. The van der Waals surface area contributed by atoms with E-state index in [1.54, 1.807) is 30.3 Å². The van der Waals surface area contributed by atoms with Gasteiger partial charge in [-0.25, -0.2) is 0 Å². The van der Waals surface area contributed by atoms with Crippen LogP contribution in [0.3, 0.4) is 0 Å². The van der Waals surface area contributed by atoms with Gasteiger partial charge in [0.1, 0.15) is 5.69 Å². The molecule has 5 rings (SSSR count). The lowest BCUT2D eigenvalue weighted by Gasteiger charge is -2.49. The molecule has 4 heterocycles. The minimum atomic E-state index is -0.412. The summed E-state index contributed by atoms with van der Waals surface area (Å²) in [6.07, 6.45) is 2.25. The molecule has 2 atom stereocenters. The van der Waals surface area contributed by atoms with E-state index in [2.05, 4.69) is 22.1 Å². The van der Waals surface area contributed by atoms with Gasteiger partial charge in [-0.2, -0.15) is 0 Å². The lowest BCUT2D eigenvalue weighted by molar-refractivity contribution is -0.384. The molecule has 0 radical (unpaired) electrons. The molecule has 0 unspecified atom stereocenters. The van der Waals surface area contributed by atoms with Crippen molar-refractivity contribution in [2.75, 3.05) is 13.1 Å². The average Bonchev–Trinajstić information content (AvgIpc) is 3.15. The van der Waals surface area contributed by atoms with Crippen LogP contribution in [-0.4, -0.2) is 45.9 Å². The zero-order valence-corrected chi connectivity index (χ0v) is 14.6. The molecule has 3 saturated heterocycles. The van der Waals surface area contributed by atoms with E-state index in [9.17, 15) is 14.9 Å². The van der Waals surface area contributed by atoms with Crippen LogP contribution >= 0.6 is 0 Å². The molecule has 136 valence electrons. The summed E-state index contributed by atoms with van der Waals surface area (Å²) in [5, 5.41) is 14.4. The first-order chi connectivity index (χ1) is 12.5. The van der Waals surface area contributed by atoms with Gasteiger partial charge in [0.05, 0.1) is 16.2 Å². The Morgan fingerprint density at radius 2 is 1.96 bits per heavy atom. The van der Waals surface area contributed by atoms with E-state index in [0.717, 1.165) is 25.9 Å². The number of aromatic amines is 1. The fourth-order valence-corrected chi connectivity index (χ4v) is 4.32. The maximum atomic E-state index is 12.7. The van der Waals surface area contributed by atoms with Crippen LogP contribution in [0.5, 0.6) is 0 Å². The number of H-pyrrole nitrogens is 1. The number of fused-ring (bicyclic) bond motifs is 3. The van der Waals surface area contributed by atoms with E-state index in [1.807, 2.05) is 0 Å². The number of para-hydroxylation sites is 1. The minimum absolute atomic E-state index is 0.0207. The summed E-state index contributed by atoms with van der Waals surface area (Å²) in [6.45, 7) is 4.40. The van der Waals surface area contributed by atoms with E-state index in [0.29, 0.717) is 28.9 Å². The van der Waals surface area contributed by atoms with Gasteiger partial charge < -0.3 is 10.3 Å². The number of nitrogens with zero attached hydrogens (tertiary/aromatic N) is 2. The first-order valence-electron chi connectivity index (χ1n) is 9.02. The van der Waals surface area contributed by atoms with E-state index in [-0.39, 0.29) is 17.6 Å². The molecule has 0 spiro atoms. The number of hydrogen-bond acceptors (Lipinski definition) is 4. The largest absolute Gasteiger partial charge is 0.350 e. The van der Waals surface area contributed by atoms with E-state index in [1.165, 1.54) is 6.07 Å². The predicted molar refractivity (Wildman–Crippen MR) is 97.9 cm³/mol. The monoisotopic (exact) mass is 354 g/mol. The molecule has 0 saturated carbocycles. The lowest BCUT2D eigenvalue weighted by Crippen LogP contribution is -2.62. The van der Waals surface area contributed by atoms with Crippen molar-refractivity contribution in [2.45, 2.75) is 31.8 Å². The van der Waals surface area contributed by atoms with Crippen molar-refractivity contribution < 1.29 is 9.72 Å². The fraction of sp³-hybridized carbons (Fsp3) is 0.421. The van der Waals surface area contributed by atoms with Gasteiger partial charge in [-0.05, 0) is 57.0 Å². The van der Waals surface area contributed by atoms with Crippen molar-refractivity contribution in [2.24, 2.45) is 5.92 Å². The number of aromatic nitrogens is 1. The molecule has 2 bridgehead atoms. The standard InChI is InChI=1S/C19H22N4O3/c1-12-18(13-8-10-22(12)11-9-13)21-19(24)16-7-6-15(20-16)14-4-2-3-5-17(14)23(25)26/h2-7,12-13,18,20H,8-11H2,1H3,(H,21,24)/t12-,18+/m1/s1. The summed E-state index contributed by atoms with van der Waals surface area (Å²) < 4.78 is 0. The number of piperidine rings is 3. The van der Waals surface area contributed by atoms with Crippen LogP contribution in [0.25, 0.3) is 11.3 Å². The molecule has 1 amide bonds. The van der Waals surface area contributed by atoms with E-state index >= 15 is 0 Å². The number of benzene rings is 1. The Morgan fingerprint density at radius 3 is 2.65 bits per heavy atom. The summed E-state index contributed by atoms with van der Waals surface area (Å²) in [6, 6.07) is 10.4. The lowest BCUT2D eigenvalue weighted by atomic mass is 9.79. The summed E-state index contributed by atoms with van der Waals surface area (Å²) in [5.74, 6) is 0.379. The molecule has 3 aliphatic rings. The number of nitrogens with one attached hydrogen (secondary N) is 2. The molecular weight excluding hydrogens is 332 g/mol. The van der Waals surface area contributed by atoms with Gasteiger partial charge in [0.15, 0.2) is 0 Å². The second-order valence-electron chi connectivity index (χ2n) is 7.17. The molecule has 2 N–H and O–H groups in total. The quantitative estimate of drug-likeness (QED) is 0.652. The van der Waals surface area contributed by atoms with Crippen LogP contribution < -0.4 is 5.32 Å². The second-order valence-corrected chi connectivity index (χ2v) is 7.17. The normalized spacial score (nSPS) is 27.3. The van der Waals surface area contributed by atoms with Crippen LogP contribution in [0.1, 0.15) is 30.3 Å². The van der Waals surface area contributed by atoms with Gasteiger partial charge in [0.2, 0.25) is 0 Å². The van der Waals surface area contributed by atoms with Crippen molar-refractivity contribution in [3.8, 4) is 11.3 Å².